The number of rotatable bonds is 22. The van der Waals surface area contributed by atoms with Crippen LogP contribution in [0.25, 0.3) is 0 Å². The van der Waals surface area contributed by atoms with E-state index in [4.69, 9.17) is 15.2 Å². The fourth-order valence-corrected chi connectivity index (χ4v) is 4.11. The summed E-state index contributed by atoms with van der Waals surface area (Å²) >= 11 is 0. The second-order valence-electron chi connectivity index (χ2n) is 9.26. The number of ether oxygens (including phenoxy) is 2. The third kappa shape index (κ3) is 15.4. The number of benzene rings is 1. The summed E-state index contributed by atoms with van der Waals surface area (Å²) in [5.41, 5.74) is 6.37. The van der Waals surface area contributed by atoms with Crippen molar-refractivity contribution in [1.82, 2.24) is 4.90 Å². The van der Waals surface area contributed by atoms with E-state index < -0.39 is 6.09 Å². The first-order chi connectivity index (χ1) is 17.1. The maximum atomic E-state index is 11.7. The fourth-order valence-electron chi connectivity index (χ4n) is 4.11. The molecule has 200 valence electrons. The highest BCUT2D eigenvalue weighted by atomic mass is 16.5. The van der Waals surface area contributed by atoms with Crippen LogP contribution in [0.15, 0.2) is 30.4 Å². The van der Waals surface area contributed by atoms with Gasteiger partial charge in [0.25, 0.3) is 0 Å². The van der Waals surface area contributed by atoms with E-state index in [9.17, 15) is 9.90 Å². The van der Waals surface area contributed by atoms with Gasteiger partial charge in [0.2, 0.25) is 0 Å². The standard InChI is InChI=1S/C29H50N2O4/c1-3-4-5-6-7-8-9-10-11-12-13-14-15-16-17-18-22-31(29(32)33)25-26-19-20-27(35-23-21-30)28(24-26)34-2/h10-11,19-20,24H,3-9,12-18,21-23,25,30H2,1-2H3,(H,32,33). The Balaban J connectivity index is 2.15. The Morgan fingerprint density at radius 1 is 0.914 bits per heavy atom. The van der Waals surface area contributed by atoms with Crippen molar-refractivity contribution in [2.75, 3.05) is 26.8 Å². The molecule has 0 heterocycles. The zero-order valence-electron chi connectivity index (χ0n) is 22.3. The molecule has 1 aromatic carbocycles. The third-order valence-electron chi connectivity index (χ3n) is 6.19. The van der Waals surface area contributed by atoms with Gasteiger partial charge < -0.3 is 25.2 Å². The van der Waals surface area contributed by atoms with Crippen LogP contribution >= 0.6 is 0 Å². The van der Waals surface area contributed by atoms with Gasteiger partial charge in [-0.15, -0.1) is 0 Å². The van der Waals surface area contributed by atoms with Gasteiger partial charge in [-0.25, -0.2) is 4.79 Å². The lowest BCUT2D eigenvalue weighted by molar-refractivity contribution is 0.141. The van der Waals surface area contributed by atoms with Crippen LogP contribution in [0.1, 0.15) is 102 Å². The summed E-state index contributed by atoms with van der Waals surface area (Å²) in [7, 11) is 1.58. The Kier molecular flexibility index (Phi) is 18.6. The maximum Gasteiger partial charge on any atom is 0.407 e. The second-order valence-corrected chi connectivity index (χ2v) is 9.26. The van der Waals surface area contributed by atoms with Crippen LogP contribution in [-0.2, 0) is 6.54 Å². The van der Waals surface area contributed by atoms with Crippen molar-refractivity contribution in [2.24, 2.45) is 5.73 Å². The molecule has 0 unspecified atom stereocenters. The monoisotopic (exact) mass is 490 g/mol. The fraction of sp³-hybridized carbons (Fsp3) is 0.690. The first kappa shape index (κ1) is 30.8. The summed E-state index contributed by atoms with van der Waals surface area (Å²) in [6.07, 6.45) is 21.2. The average Bonchev–Trinajstić information content (AvgIpc) is 2.86. The first-order valence-corrected chi connectivity index (χ1v) is 13.7. The molecule has 0 aliphatic heterocycles. The van der Waals surface area contributed by atoms with Gasteiger partial charge in [0.15, 0.2) is 11.5 Å². The number of hydrogen-bond acceptors (Lipinski definition) is 4. The smallest absolute Gasteiger partial charge is 0.407 e. The molecule has 0 aliphatic rings. The van der Waals surface area contributed by atoms with Crippen LogP contribution in [0.4, 0.5) is 4.79 Å². The molecule has 0 fully saturated rings. The van der Waals surface area contributed by atoms with Gasteiger partial charge in [0, 0.05) is 19.6 Å². The summed E-state index contributed by atoms with van der Waals surface area (Å²) in [5, 5.41) is 9.61. The third-order valence-corrected chi connectivity index (χ3v) is 6.19. The van der Waals surface area contributed by atoms with Crippen molar-refractivity contribution in [1.29, 1.82) is 0 Å². The van der Waals surface area contributed by atoms with E-state index >= 15 is 0 Å². The molecule has 1 rings (SSSR count). The van der Waals surface area contributed by atoms with Gasteiger partial charge in [0.05, 0.1) is 7.11 Å². The summed E-state index contributed by atoms with van der Waals surface area (Å²) in [6, 6.07) is 5.53. The van der Waals surface area contributed by atoms with E-state index in [1.165, 1.54) is 75.5 Å². The Morgan fingerprint density at radius 3 is 2.09 bits per heavy atom. The quantitative estimate of drug-likeness (QED) is 0.129. The van der Waals surface area contributed by atoms with Crippen LogP contribution in [0.3, 0.4) is 0 Å². The minimum Gasteiger partial charge on any atom is -0.493 e. The molecular weight excluding hydrogens is 440 g/mol. The molecular formula is C29H50N2O4. The molecule has 3 N–H and O–H groups in total. The molecule has 35 heavy (non-hydrogen) atoms. The molecule has 0 saturated heterocycles. The molecule has 6 heteroatoms. The lowest BCUT2D eigenvalue weighted by Crippen LogP contribution is -2.29. The normalized spacial score (nSPS) is 11.2. The summed E-state index contributed by atoms with van der Waals surface area (Å²) in [6.45, 7) is 3.98. The molecule has 0 saturated carbocycles. The molecule has 0 aromatic heterocycles. The number of nitrogens with two attached hydrogens (primary N) is 1. The molecule has 0 aliphatic carbocycles. The Labute approximate surface area is 213 Å². The molecule has 1 aromatic rings. The van der Waals surface area contributed by atoms with Crippen LogP contribution in [0.5, 0.6) is 11.5 Å². The minimum atomic E-state index is -0.889. The van der Waals surface area contributed by atoms with Gasteiger partial charge in [-0.05, 0) is 49.8 Å². The number of carboxylic acid groups (broad SMARTS) is 1. The van der Waals surface area contributed by atoms with Crippen LogP contribution < -0.4 is 15.2 Å². The zero-order chi connectivity index (χ0) is 25.6. The number of carbonyl (C=O) groups is 1. The van der Waals surface area contributed by atoms with Crippen molar-refractivity contribution in [2.45, 2.75) is 103 Å². The van der Waals surface area contributed by atoms with Crippen molar-refractivity contribution in [3.8, 4) is 11.5 Å². The van der Waals surface area contributed by atoms with Gasteiger partial charge in [-0.3, -0.25) is 0 Å². The molecule has 0 spiro atoms. The van der Waals surface area contributed by atoms with Crippen LogP contribution in [0, 0.1) is 0 Å². The number of unbranched alkanes of at least 4 members (excludes halogenated alkanes) is 12. The highest BCUT2D eigenvalue weighted by molar-refractivity contribution is 5.65. The molecule has 0 bridgehead atoms. The average molecular weight is 491 g/mol. The summed E-state index contributed by atoms with van der Waals surface area (Å²) in [4.78, 5) is 13.2. The highest BCUT2D eigenvalue weighted by Crippen LogP contribution is 2.28. The SMILES string of the molecule is CCCCCCCCC=CCCCCCCCCN(Cc1ccc(OCCN)c(OC)c1)C(=O)O. The number of allylic oxidation sites excluding steroid dienone is 2. The molecule has 0 atom stereocenters. The van der Waals surface area contributed by atoms with Crippen molar-refractivity contribution in [3.63, 3.8) is 0 Å². The van der Waals surface area contributed by atoms with Gasteiger partial charge in [-0.1, -0.05) is 82.9 Å². The zero-order valence-corrected chi connectivity index (χ0v) is 22.3. The van der Waals surface area contributed by atoms with Gasteiger partial charge in [0.1, 0.15) is 6.61 Å². The number of nitrogens with zero attached hydrogens (tertiary/aromatic N) is 1. The molecule has 6 nitrogen and oxygen atoms in total. The Hall–Kier alpha value is -2.21. The number of amides is 1. The predicted molar refractivity (Wildman–Crippen MR) is 145 cm³/mol. The molecule has 0 radical (unpaired) electrons. The number of hydrogen-bond donors (Lipinski definition) is 2. The van der Waals surface area contributed by atoms with Gasteiger partial charge in [-0.2, -0.15) is 0 Å². The molecule has 1 amide bonds. The van der Waals surface area contributed by atoms with E-state index in [2.05, 4.69) is 19.1 Å². The summed E-state index contributed by atoms with van der Waals surface area (Å²) < 4.78 is 10.9. The summed E-state index contributed by atoms with van der Waals surface area (Å²) in [5.74, 6) is 1.22. The van der Waals surface area contributed by atoms with E-state index in [1.807, 2.05) is 18.2 Å². The van der Waals surface area contributed by atoms with Crippen LogP contribution in [0.2, 0.25) is 0 Å². The van der Waals surface area contributed by atoms with Crippen molar-refractivity contribution in [3.05, 3.63) is 35.9 Å². The largest absolute Gasteiger partial charge is 0.493 e. The Morgan fingerprint density at radius 2 is 1.51 bits per heavy atom. The van der Waals surface area contributed by atoms with Gasteiger partial charge >= 0.3 is 6.09 Å². The lowest BCUT2D eigenvalue weighted by atomic mass is 10.1. The van der Waals surface area contributed by atoms with Crippen molar-refractivity contribution < 1.29 is 19.4 Å². The van der Waals surface area contributed by atoms with Crippen LogP contribution in [-0.4, -0.2) is 42.9 Å². The topological polar surface area (TPSA) is 85.0 Å². The minimum absolute atomic E-state index is 0.341. The van der Waals surface area contributed by atoms with Crippen molar-refractivity contribution >= 4 is 6.09 Å². The second kappa shape index (κ2) is 21.1. The lowest BCUT2D eigenvalue weighted by Gasteiger charge is -2.20. The van der Waals surface area contributed by atoms with E-state index in [0.29, 0.717) is 37.7 Å². The predicted octanol–water partition coefficient (Wildman–Crippen LogP) is 7.55. The van der Waals surface area contributed by atoms with E-state index in [-0.39, 0.29) is 0 Å². The first-order valence-electron chi connectivity index (χ1n) is 13.7. The highest BCUT2D eigenvalue weighted by Gasteiger charge is 2.14. The maximum absolute atomic E-state index is 11.7. The van der Waals surface area contributed by atoms with E-state index in [0.717, 1.165) is 24.8 Å². The number of methoxy groups -OCH3 is 1. The Bertz CT molecular complexity index is 693. The van der Waals surface area contributed by atoms with E-state index in [1.54, 1.807) is 7.11 Å².